The van der Waals surface area contributed by atoms with Crippen molar-refractivity contribution >= 4 is 5.91 Å². The quantitative estimate of drug-likeness (QED) is 0.840. The number of aliphatic hydroxyl groups is 1. The molecule has 1 amide bonds. The lowest BCUT2D eigenvalue weighted by Gasteiger charge is -2.37. The Morgan fingerprint density at radius 3 is 2.32 bits per heavy atom. The fourth-order valence-corrected chi connectivity index (χ4v) is 3.20. The van der Waals surface area contributed by atoms with Gasteiger partial charge in [-0.05, 0) is 38.0 Å². The highest BCUT2D eigenvalue weighted by molar-refractivity contribution is 5.76. The maximum absolute atomic E-state index is 11.8. The molecule has 0 saturated carbocycles. The van der Waals surface area contributed by atoms with Crippen LogP contribution in [0.4, 0.5) is 0 Å². The van der Waals surface area contributed by atoms with Crippen LogP contribution in [0.2, 0.25) is 0 Å². The second-order valence-electron chi connectivity index (χ2n) is 6.11. The van der Waals surface area contributed by atoms with Crippen molar-refractivity contribution in [1.82, 2.24) is 9.80 Å². The molecule has 0 aliphatic carbocycles. The summed E-state index contributed by atoms with van der Waals surface area (Å²) < 4.78 is 0. The first-order chi connectivity index (χ1) is 9.19. The van der Waals surface area contributed by atoms with E-state index >= 15 is 0 Å². The first-order valence-corrected chi connectivity index (χ1v) is 7.87. The molecule has 0 spiro atoms. The largest absolute Gasteiger partial charge is 0.393 e. The number of rotatable bonds is 4. The van der Waals surface area contributed by atoms with Crippen LogP contribution >= 0.6 is 0 Å². The van der Waals surface area contributed by atoms with Crippen LogP contribution in [0.15, 0.2) is 0 Å². The Labute approximate surface area is 116 Å². The molecule has 2 saturated heterocycles. The van der Waals surface area contributed by atoms with E-state index in [1.165, 1.54) is 0 Å². The molecular formula is C15H28N2O2. The Kier molecular flexibility index (Phi) is 5.64. The van der Waals surface area contributed by atoms with Gasteiger partial charge in [0.2, 0.25) is 5.91 Å². The first kappa shape index (κ1) is 14.8. The van der Waals surface area contributed by atoms with Crippen LogP contribution in [-0.2, 0) is 4.79 Å². The topological polar surface area (TPSA) is 43.8 Å². The van der Waals surface area contributed by atoms with Crippen LogP contribution in [0.25, 0.3) is 0 Å². The van der Waals surface area contributed by atoms with Gasteiger partial charge in [-0.1, -0.05) is 6.92 Å². The number of carbonyl (C=O) groups excluding carboxylic acids is 1. The fraction of sp³-hybridized carbons (Fsp3) is 0.933. The molecule has 0 atom stereocenters. The van der Waals surface area contributed by atoms with Crippen molar-refractivity contribution in [3.8, 4) is 0 Å². The molecule has 2 aliphatic rings. The van der Waals surface area contributed by atoms with Crippen LogP contribution in [0.5, 0.6) is 0 Å². The average molecular weight is 268 g/mol. The lowest BCUT2D eigenvalue weighted by atomic mass is 9.95. The number of likely N-dealkylation sites (tertiary alicyclic amines) is 2. The second kappa shape index (κ2) is 7.25. The third-order valence-electron chi connectivity index (χ3n) is 4.50. The van der Waals surface area contributed by atoms with Crippen molar-refractivity contribution in [1.29, 1.82) is 0 Å². The van der Waals surface area contributed by atoms with E-state index in [-0.39, 0.29) is 6.10 Å². The molecule has 110 valence electrons. The molecule has 2 aliphatic heterocycles. The average Bonchev–Trinajstić information content (AvgIpc) is 2.42. The van der Waals surface area contributed by atoms with Crippen molar-refractivity contribution in [2.24, 2.45) is 5.92 Å². The highest BCUT2D eigenvalue weighted by Crippen LogP contribution is 2.21. The monoisotopic (exact) mass is 268 g/mol. The van der Waals surface area contributed by atoms with Gasteiger partial charge in [-0.25, -0.2) is 0 Å². The van der Waals surface area contributed by atoms with Crippen molar-refractivity contribution in [3.05, 3.63) is 0 Å². The van der Waals surface area contributed by atoms with Crippen molar-refractivity contribution in [3.63, 3.8) is 0 Å². The summed E-state index contributed by atoms with van der Waals surface area (Å²) in [6.45, 7) is 7.18. The van der Waals surface area contributed by atoms with Crippen LogP contribution in [0, 0.1) is 5.92 Å². The number of hydrogen-bond acceptors (Lipinski definition) is 3. The predicted octanol–water partition coefficient (Wildman–Crippen LogP) is 1.48. The number of piperidine rings is 2. The van der Waals surface area contributed by atoms with E-state index in [0.717, 1.165) is 70.7 Å². The minimum absolute atomic E-state index is 0.0789. The van der Waals surface area contributed by atoms with Gasteiger partial charge in [0.15, 0.2) is 0 Å². The Morgan fingerprint density at radius 2 is 1.74 bits per heavy atom. The molecule has 19 heavy (non-hydrogen) atoms. The van der Waals surface area contributed by atoms with Crippen LogP contribution < -0.4 is 0 Å². The smallest absolute Gasteiger partial charge is 0.222 e. The van der Waals surface area contributed by atoms with Crippen molar-refractivity contribution in [2.75, 3.05) is 32.7 Å². The SMILES string of the molecule is CCCC(=O)N1CCC(CN2CCC(O)CC2)CC1. The highest BCUT2D eigenvalue weighted by atomic mass is 16.3. The van der Waals surface area contributed by atoms with E-state index < -0.39 is 0 Å². The van der Waals surface area contributed by atoms with Gasteiger partial charge in [0.05, 0.1) is 6.10 Å². The predicted molar refractivity (Wildman–Crippen MR) is 75.9 cm³/mol. The van der Waals surface area contributed by atoms with Crippen LogP contribution in [0.3, 0.4) is 0 Å². The maximum Gasteiger partial charge on any atom is 0.222 e. The minimum Gasteiger partial charge on any atom is -0.393 e. The Morgan fingerprint density at radius 1 is 1.11 bits per heavy atom. The van der Waals surface area contributed by atoms with Crippen LogP contribution in [0.1, 0.15) is 45.4 Å². The zero-order valence-electron chi connectivity index (χ0n) is 12.2. The number of hydrogen-bond donors (Lipinski definition) is 1. The van der Waals surface area contributed by atoms with Gasteiger partial charge in [-0.3, -0.25) is 4.79 Å². The molecular weight excluding hydrogens is 240 g/mol. The molecule has 0 aromatic carbocycles. The molecule has 2 fully saturated rings. The fourth-order valence-electron chi connectivity index (χ4n) is 3.20. The van der Waals surface area contributed by atoms with Gasteiger partial charge in [0.1, 0.15) is 0 Å². The number of aliphatic hydroxyl groups excluding tert-OH is 1. The van der Waals surface area contributed by atoms with Crippen molar-refractivity contribution < 1.29 is 9.90 Å². The number of nitrogens with zero attached hydrogens (tertiary/aromatic N) is 2. The van der Waals surface area contributed by atoms with Crippen molar-refractivity contribution in [2.45, 2.75) is 51.6 Å². The van der Waals surface area contributed by atoms with E-state index in [2.05, 4.69) is 11.8 Å². The summed E-state index contributed by atoms with van der Waals surface area (Å²) in [6, 6.07) is 0. The third-order valence-corrected chi connectivity index (χ3v) is 4.50. The summed E-state index contributed by atoms with van der Waals surface area (Å²) in [7, 11) is 0. The normalized spacial score (nSPS) is 23.8. The molecule has 0 bridgehead atoms. The van der Waals surface area contributed by atoms with Gasteiger partial charge < -0.3 is 14.9 Å². The lowest BCUT2D eigenvalue weighted by Crippen LogP contribution is -2.43. The molecule has 2 rings (SSSR count). The van der Waals surface area contributed by atoms with Gasteiger partial charge in [0, 0.05) is 39.1 Å². The molecule has 2 heterocycles. The van der Waals surface area contributed by atoms with Crippen LogP contribution in [-0.4, -0.2) is 59.6 Å². The van der Waals surface area contributed by atoms with Gasteiger partial charge >= 0.3 is 0 Å². The summed E-state index contributed by atoms with van der Waals surface area (Å²) >= 11 is 0. The molecule has 0 aromatic heterocycles. The van der Waals surface area contributed by atoms with Gasteiger partial charge in [-0.2, -0.15) is 0 Å². The Bertz CT molecular complexity index is 280. The summed E-state index contributed by atoms with van der Waals surface area (Å²) in [4.78, 5) is 16.3. The lowest BCUT2D eigenvalue weighted by molar-refractivity contribution is -0.132. The maximum atomic E-state index is 11.8. The number of amides is 1. The van der Waals surface area contributed by atoms with E-state index in [4.69, 9.17) is 0 Å². The molecule has 4 nitrogen and oxygen atoms in total. The van der Waals surface area contributed by atoms with Gasteiger partial charge in [0.25, 0.3) is 0 Å². The first-order valence-electron chi connectivity index (χ1n) is 7.87. The summed E-state index contributed by atoms with van der Waals surface area (Å²) in [5, 5.41) is 9.51. The zero-order valence-corrected chi connectivity index (χ0v) is 12.2. The van der Waals surface area contributed by atoms with E-state index in [0.29, 0.717) is 12.3 Å². The van der Waals surface area contributed by atoms with E-state index in [1.807, 2.05) is 4.90 Å². The molecule has 0 unspecified atom stereocenters. The Balaban J connectivity index is 1.67. The summed E-state index contributed by atoms with van der Waals surface area (Å²) in [6.07, 6.45) is 5.72. The summed E-state index contributed by atoms with van der Waals surface area (Å²) in [5.41, 5.74) is 0. The molecule has 4 heteroatoms. The van der Waals surface area contributed by atoms with E-state index in [9.17, 15) is 9.90 Å². The number of carbonyl (C=O) groups is 1. The minimum atomic E-state index is -0.0789. The standard InChI is InChI=1S/C15H28N2O2/c1-2-3-15(19)17-10-4-13(5-11-17)12-16-8-6-14(18)7-9-16/h13-14,18H,2-12H2,1H3. The second-order valence-corrected chi connectivity index (χ2v) is 6.11. The molecule has 0 aromatic rings. The third kappa shape index (κ3) is 4.46. The van der Waals surface area contributed by atoms with Gasteiger partial charge in [-0.15, -0.1) is 0 Å². The van der Waals surface area contributed by atoms with E-state index in [1.54, 1.807) is 0 Å². The summed E-state index contributed by atoms with van der Waals surface area (Å²) in [5.74, 6) is 1.07. The highest BCUT2D eigenvalue weighted by Gasteiger charge is 2.25. The zero-order chi connectivity index (χ0) is 13.7. The molecule has 0 radical (unpaired) electrons. The molecule has 1 N–H and O–H groups in total. The Hall–Kier alpha value is -0.610.